The number of unbranched alkanes of at least 4 members (excludes halogenated alkanes) is 2. The molecule has 4 heteroatoms. The maximum atomic E-state index is 10.8. The summed E-state index contributed by atoms with van der Waals surface area (Å²) in [6.07, 6.45) is 4.57. The molecule has 0 aromatic rings. The predicted octanol–water partition coefficient (Wildman–Crippen LogP) is 1.60. The van der Waals surface area contributed by atoms with Crippen molar-refractivity contribution < 1.29 is 9.53 Å². The van der Waals surface area contributed by atoms with Crippen molar-refractivity contribution in [1.29, 1.82) is 0 Å². The van der Waals surface area contributed by atoms with Gasteiger partial charge in [-0.15, -0.1) is 0 Å². The Bertz CT molecular complexity index is 161. The second-order valence-corrected chi connectivity index (χ2v) is 4.17. The molecule has 0 saturated heterocycles. The number of nitrogens with one attached hydrogen (secondary N) is 1. The Morgan fingerprint density at radius 2 is 2.00 bits per heavy atom. The van der Waals surface area contributed by atoms with Gasteiger partial charge in [-0.2, -0.15) is 0 Å². The van der Waals surface area contributed by atoms with Crippen molar-refractivity contribution in [2.45, 2.75) is 46.0 Å². The first kappa shape index (κ1) is 14.4. The van der Waals surface area contributed by atoms with Crippen LogP contribution in [0.25, 0.3) is 0 Å². The zero-order valence-electron chi connectivity index (χ0n) is 9.92. The van der Waals surface area contributed by atoms with Gasteiger partial charge < -0.3 is 4.74 Å². The molecule has 90 valence electrons. The van der Waals surface area contributed by atoms with Gasteiger partial charge >= 0.3 is 0 Å². The fourth-order valence-electron chi connectivity index (χ4n) is 1.16. The smallest absolute Gasteiger partial charge is 0.233 e. The average Bonchev–Trinajstić information content (AvgIpc) is 2.21. The third kappa shape index (κ3) is 11.3. The summed E-state index contributed by atoms with van der Waals surface area (Å²) in [5.74, 6) is 5.58. The SMILES string of the molecule is CC(C)CCOCCCCCC(=O)NN. The van der Waals surface area contributed by atoms with E-state index in [1.165, 1.54) is 0 Å². The highest BCUT2D eigenvalue weighted by atomic mass is 16.5. The Balaban J connectivity index is 3.02. The molecule has 0 aromatic heterocycles. The zero-order valence-corrected chi connectivity index (χ0v) is 9.92. The lowest BCUT2D eigenvalue weighted by Crippen LogP contribution is -2.29. The Kier molecular flexibility index (Phi) is 9.52. The van der Waals surface area contributed by atoms with Crippen LogP contribution in [-0.2, 0) is 9.53 Å². The van der Waals surface area contributed by atoms with Crippen molar-refractivity contribution in [2.24, 2.45) is 11.8 Å². The minimum Gasteiger partial charge on any atom is -0.381 e. The molecule has 15 heavy (non-hydrogen) atoms. The number of hydrazine groups is 1. The summed E-state index contributed by atoms with van der Waals surface area (Å²) < 4.78 is 5.45. The summed E-state index contributed by atoms with van der Waals surface area (Å²) >= 11 is 0. The van der Waals surface area contributed by atoms with Gasteiger partial charge in [-0.05, 0) is 25.2 Å². The van der Waals surface area contributed by atoms with Crippen LogP contribution in [0.15, 0.2) is 0 Å². The molecule has 0 heterocycles. The third-order valence-electron chi connectivity index (χ3n) is 2.19. The van der Waals surface area contributed by atoms with Crippen LogP contribution in [0.5, 0.6) is 0 Å². The number of ether oxygens (including phenoxy) is 1. The van der Waals surface area contributed by atoms with Gasteiger partial charge in [0.25, 0.3) is 0 Å². The number of carbonyl (C=O) groups excluding carboxylic acids is 1. The van der Waals surface area contributed by atoms with Crippen molar-refractivity contribution in [2.75, 3.05) is 13.2 Å². The summed E-state index contributed by atoms with van der Waals surface area (Å²) in [7, 11) is 0. The highest BCUT2D eigenvalue weighted by molar-refractivity contribution is 5.74. The largest absolute Gasteiger partial charge is 0.381 e. The van der Waals surface area contributed by atoms with Crippen LogP contribution in [-0.4, -0.2) is 19.1 Å². The topological polar surface area (TPSA) is 64.3 Å². The Hall–Kier alpha value is -0.610. The van der Waals surface area contributed by atoms with E-state index in [1.54, 1.807) is 0 Å². The van der Waals surface area contributed by atoms with E-state index in [-0.39, 0.29) is 5.91 Å². The number of amides is 1. The van der Waals surface area contributed by atoms with Gasteiger partial charge in [0.1, 0.15) is 0 Å². The van der Waals surface area contributed by atoms with Crippen LogP contribution in [0.4, 0.5) is 0 Å². The first-order chi connectivity index (χ1) is 7.16. The first-order valence-electron chi connectivity index (χ1n) is 5.74. The van der Waals surface area contributed by atoms with Crippen molar-refractivity contribution in [3.63, 3.8) is 0 Å². The first-order valence-corrected chi connectivity index (χ1v) is 5.74. The maximum absolute atomic E-state index is 10.8. The van der Waals surface area contributed by atoms with Gasteiger partial charge in [0, 0.05) is 19.6 Å². The zero-order chi connectivity index (χ0) is 11.5. The lowest BCUT2D eigenvalue weighted by atomic mass is 10.1. The molecular weight excluding hydrogens is 192 g/mol. The highest BCUT2D eigenvalue weighted by Gasteiger charge is 1.98. The molecule has 0 bridgehead atoms. The van der Waals surface area contributed by atoms with Gasteiger partial charge in [0.15, 0.2) is 0 Å². The lowest BCUT2D eigenvalue weighted by molar-refractivity contribution is -0.121. The molecule has 0 aromatic carbocycles. The molecule has 1 amide bonds. The summed E-state index contributed by atoms with van der Waals surface area (Å²) in [4.78, 5) is 10.8. The standard InChI is InChI=1S/C11H24N2O2/c1-10(2)7-9-15-8-5-3-4-6-11(14)13-12/h10H,3-9,12H2,1-2H3,(H,13,14). The molecule has 3 N–H and O–H groups in total. The Morgan fingerprint density at radius 1 is 1.27 bits per heavy atom. The van der Waals surface area contributed by atoms with Gasteiger partial charge in [0.2, 0.25) is 5.91 Å². The highest BCUT2D eigenvalue weighted by Crippen LogP contribution is 2.02. The minimum atomic E-state index is -0.0873. The Morgan fingerprint density at radius 3 is 2.60 bits per heavy atom. The number of rotatable bonds is 9. The Labute approximate surface area is 92.5 Å². The van der Waals surface area contributed by atoms with Crippen LogP contribution in [0, 0.1) is 5.92 Å². The van der Waals surface area contributed by atoms with Crippen LogP contribution in [0.2, 0.25) is 0 Å². The van der Waals surface area contributed by atoms with Gasteiger partial charge in [0.05, 0.1) is 0 Å². The van der Waals surface area contributed by atoms with E-state index < -0.39 is 0 Å². The van der Waals surface area contributed by atoms with Crippen LogP contribution in [0.1, 0.15) is 46.0 Å². The number of hydrogen-bond acceptors (Lipinski definition) is 3. The van der Waals surface area contributed by atoms with Crippen molar-refractivity contribution >= 4 is 5.91 Å². The fourth-order valence-corrected chi connectivity index (χ4v) is 1.16. The molecule has 0 spiro atoms. The van der Waals surface area contributed by atoms with Crippen molar-refractivity contribution in [1.82, 2.24) is 5.43 Å². The lowest BCUT2D eigenvalue weighted by Gasteiger charge is -2.06. The average molecular weight is 216 g/mol. The molecule has 4 nitrogen and oxygen atoms in total. The van der Waals surface area contributed by atoms with Gasteiger partial charge in [-0.3, -0.25) is 10.2 Å². The van der Waals surface area contributed by atoms with Crippen LogP contribution >= 0.6 is 0 Å². The summed E-state index contributed by atoms with van der Waals surface area (Å²) in [6, 6.07) is 0. The second kappa shape index (κ2) is 9.93. The second-order valence-electron chi connectivity index (χ2n) is 4.17. The fraction of sp³-hybridized carbons (Fsp3) is 0.909. The molecule has 0 atom stereocenters. The molecule has 0 radical (unpaired) electrons. The summed E-state index contributed by atoms with van der Waals surface area (Å²) in [6.45, 7) is 6.03. The van der Waals surface area contributed by atoms with Gasteiger partial charge in [-0.1, -0.05) is 20.3 Å². The normalized spacial score (nSPS) is 10.7. The van der Waals surface area contributed by atoms with Crippen molar-refractivity contribution in [3.05, 3.63) is 0 Å². The monoisotopic (exact) mass is 216 g/mol. The molecule has 0 fully saturated rings. The minimum absolute atomic E-state index is 0.0873. The summed E-state index contributed by atoms with van der Waals surface area (Å²) in [5.41, 5.74) is 2.12. The number of hydrogen-bond donors (Lipinski definition) is 2. The van der Waals surface area contributed by atoms with Crippen molar-refractivity contribution in [3.8, 4) is 0 Å². The molecule has 0 aliphatic carbocycles. The van der Waals surface area contributed by atoms with E-state index in [0.29, 0.717) is 12.3 Å². The van der Waals surface area contributed by atoms with E-state index in [0.717, 1.165) is 38.9 Å². The van der Waals surface area contributed by atoms with Crippen LogP contribution in [0.3, 0.4) is 0 Å². The predicted molar refractivity (Wildman–Crippen MR) is 61.1 cm³/mol. The molecule has 0 unspecified atom stereocenters. The summed E-state index contributed by atoms with van der Waals surface area (Å²) in [5, 5.41) is 0. The van der Waals surface area contributed by atoms with E-state index in [1.807, 2.05) is 0 Å². The maximum Gasteiger partial charge on any atom is 0.233 e. The molecule has 0 rings (SSSR count). The number of nitrogens with two attached hydrogens (primary N) is 1. The van der Waals surface area contributed by atoms with E-state index in [9.17, 15) is 4.79 Å². The van der Waals surface area contributed by atoms with E-state index in [4.69, 9.17) is 10.6 Å². The number of carbonyl (C=O) groups is 1. The third-order valence-corrected chi connectivity index (χ3v) is 2.19. The molecule has 0 aliphatic heterocycles. The van der Waals surface area contributed by atoms with Gasteiger partial charge in [-0.25, -0.2) is 5.84 Å². The van der Waals surface area contributed by atoms with E-state index in [2.05, 4.69) is 19.3 Å². The van der Waals surface area contributed by atoms with Crippen LogP contribution < -0.4 is 11.3 Å². The molecular formula is C11H24N2O2. The van der Waals surface area contributed by atoms with E-state index >= 15 is 0 Å². The molecule has 0 aliphatic rings. The quantitative estimate of drug-likeness (QED) is 0.266. The molecule has 0 saturated carbocycles.